The molecule has 0 radical (unpaired) electrons. The third-order valence-electron chi connectivity index (χ3n) is 2.94. The Balaban J connectivity index is 0. The van der Waals surface area contributed by atoms with Crippen molar-refractivity contribution in [1.29, 1.82) is 0 Å². The Hall–Kier alpha value is -1.71. The number of carbonyl (C=O) groups excluding carboxylic acids is 3. The van der Waals surface area contributed by atoms with Crippen LogP contribution in [0.3, 0.4) is 0 Å². The lowest BCUT2D eigenvalue weighted by molar-refractivity contribution is -0.177. The summed E-state index contributed by atoms with van der Waals surface area (Å²) in [4.78, 5) is 34.4. The summed E-state index contributed by atoms with van der Waals surface area (Å²) in [6, 6.07) is 0. The number of hydrogen-bond acceptors (Lipinski definition) is 9. The first-order valence-electron chi connectivity index (χ1n) is 9.14. The van der Waals surface area contributed by atoms with Crippen molar-refractivity contribution in [3.05, 3.63) is 0 Å². The number of ether oxygens (including phenoxy) is 5. The lowest BCUT2D eigenvalue weighted by Crippen LogP contribution is -2.44. The molecule has 0 spiro atoms. The van der Waals surface area contributed by atoms with Crippen LogP contribution in [0.15, 0.2) is 0 Å². The normalized spacial score (nSPS) is 10.7. The lowest BCUT2D eigenvalue weighted by atomic mass is 9.95. The standard InChI is InChI=1S/C12H20O7.C6H14O2/c1-4-17-9(13)7-12(16,11(15)19-6-3)8-10(14)18-5-2;1-4-7-6(3)8-5-2/h16H,4-8H2,1-3H3;6H,4-5H2,1-3H3. The number of carbonyl (C=O) groups is 3. The Morgan fingerprint density at radius 3 is 1.41 bits per heavy atom. The highest BCUT2D eigenvalue weighted by Gasteiger charge is 2.43. The zero-order valence-electron chi connectivity index (χ0n) is 17.2. The highest BCUT2D eigenvalue weighted by Crippen LogP contribution is 2.19. The topological polar surface area (TPSA) is 118 Å². The molecule has 0 fully saturated rings. The molecular weight excluding hydrogens is 360 g/mol. The molecule has 0 aliphatic heterocycles. The molecule has 9 nitrogen and oxygen atoms in total. The number of hydrogen-bond donors (Lipinski definition) is 1. The Bertz CT molecular complexity index is 397. The average molecular weight is 394 g/mol. The maximum absolute atomic E-state index is 11.7. The minimum Gasteiger partial charge on any atom is -0.466 e. The van der Waals surface area contributed by atoms with Gasteiger partial charge in [-0.1, -0.05) is 0 Å². The van der Waals surface area contributed by atoms with E-state index in [9.17, 15) is 19.5 Å². The van der Waals surface area contributed by atoms with Crippen LogP contribution < -0.4 is 0 Å². The van der Waals surface area contributed by atoms with E-state index < -0.39 is 36.4 Å². The summed E-state index contributed by atoms with van der Waals surface area (Å²) >= 11 is 0. The third-order valence-corrected chi connectivity index (χ3v) is 2.94. The van der Waals surface area contributed by atoms with Crippen LogP contribution >= 0.6 is 0 Å². The van der Waals surface area contributed by atoms with E-state index in [1.807, 2.05) is 20.8 Å². The van der Waals surface area contributed by atoms with E-state index in [-0.39, 0.29) is 26.1 Å². The predicted octanol–water partition coefficient (Wildman–Crippen LogP) is 1.59. The van der Waals surface area contributed by atoms with E-state index >= 15 is 0 Å². The van der Waals surface area contributed by atoms with Gasteiger partial charge in [-0.2, -0.15) is 0 Å². The van der Waals surface area contributed by atoms with Gasteiger partial charge < -0.3 is 28.8 Å². The molecular formula is C18H34O9. The van der Waals surface area contributed by atoms with Gasteiger partial charge in [0.15, 0.2) is 11.9 Å². The summed E-state index contributed by atoms with van der Waals surface area (Å²) < 4.78 is 24.1. The van der Waals surface area contributed by atoms with Crippen LogP contribution in [0.4, 0.5) is 0 Å². The van der Waals surface area contributed by atoms with Crippen LogP contribution in [0, 0.1) is 0 Å². The fourth-order valence-electron chi connectivity index (χ4n) is 1.89. The summed E-state index contributed by atoms with van der Waals surface area (Å²) in [6.07, 6.45) is -1.35. The zero-order valence-corrected chi connectivity index (χ0v) is 17.2. The molecule has 27 heavy (non-hydrogen) atoms. The zero-order chi connectivity index (χ0) is 21.3. The predicted molar refractivity (Wildman–Crippen MR) is 96.8 cm³/mol. The summed E-state index contributed by atoms with van der Waals surface area (Å²) in [5.41, 5.74) is -2.26. The highest BCUT2D eigenvalue weighted by atomic mass is 16.7. The summed E-state index contributed by atoms with van der Waals surface area (Å²) in [5, 5.41) is 10.1. The number of rotatable bonds is 12. The van der Waals surface area contributed by atoms with Gasteiger partial charge in [-0.15, -0.1) is 0 Å². The lowest BCUT2D eigenvalue weighted by Gasteiger charge is -2.23. The van der Waals surface area contributed by atoms with Gasteiger partial charge in [0.25, 0.3) is 0 Å². The fourth-order valence-corrected chi connectivity index (χ4v) is 1.89. The number of esters is 3. The molecule has 0 heterocycles. The molecule has 0 rings (SSSR count). The minimum absolute atomic E-state index is 0.0206. The van der Waals surface area contributed by atoms with E-state index in [4.69, 9.17) is 9.47 Å². The van der Waals surface area contributed by atoms with Gasteiger partial charge in [0.05, 0.1) is 32.7 Å². The van der Waals surface area contributed by atoms with Crippen LogP contribution in [0.2, 0.25) is 0 Å². The Morgan fingerprint density at radius 2 is 1.11 bits per heavy atom. The molecule has 0 atom stereocenters. The number of aliphatic hydroxyl groups is 1. The second-order valence-electron chi connectivity index (χ2n) is 5.19. The molecule has 0 aliphatic rings. The highest BCUT2D eigenvalue weighted by molar-refractivity contribution is 5.90. The van der Waals surface area contributed by atoms with Crippen molar-refractivity contribution in [1.82, 2.24) is 0 Å². The first-order valence-corrected chi connectivity index (χ1v) is 9.14. The van der Waals surface area contributed by atoms with Crippen LogP contribution in [0.5, 0.6) is 0 Å². The monoisotopic (exact) mass is 394 g/mol. The van der Waals surface area contributed by atoms with Gasteiger partial charge in [-0.25, -0.2) is 4.79 Å². The molecule has 0 saturated carbocycles. The maximum atomic E-state index is 11.7. The van der Waals surface area contributed by atoms with Crippen molar-refractivity contribution in [3.63, 3.8) is 0 Å². The molecule has 0 aromatic rings. The van der Waals surface area contributed by atoms with Gasteiger partial charge in [-0.05, 0) is 41.5 Å². The van der Waals surface area contributed by atoms with Crippen LogP contribution in [0.1, 0.15) is 54.4 Å². The average Bonchev–Trinajstić information content (AvgIpc) is 2.56. The summed E-state index contributed by atoms with van der Waals surface area (Å²) in [7, 11) is 0. The molecule has 0 aromatic heterocycles. The first kappa shape index (κ1) is 27.5. The molecule has 160 valence electrons. The van der Waals surface area contributed by atoms with E-state index in [2.05, 4.69) is 14.2 Å². The van der Waals surface area contributed by atoms with Crippen molar-refractivity contribution >= 4 is 17.9 Å². The molecule has 0 bridgehead atoms. The van der Waals surface area contributed by atoms with E-state index in [0.29, 0.717) is 0 Å². The largest absolute Gasteiger partial charge is 0.466 e. The van der Waals surface area contributed by atoms with E-state index in [1.54, 1.807) is 20.8 Å². The summed E-state index contributed by atoms with van der Waals surface area (Å²) in [5.74, 6) is -2.62. The molecule has 0 unspecified atom stereocenters. The smallest absolute Gasteiger partial charge is 0.339 e. The van der Waals surface area contributed by atoms with Crippen molar-refractivity contribution in [2.24, 2.45) is 0 Å². The third kappa shape index (κ3) is 14.1. The quantitative estimate of drug-likeness (QED) is 0.299. The minimum atomic E-state index is -2.26. The van der Waals surface area contributed by atoms with Crippen LogP contribution in [0.25, 0.3) is 0 Å². The van der Waals surface area contributed by atoms with E-state index in [0.717, 1.165) is 13.2 Å². The second kappa shape index (κ2) is 16.5. The molecule has 0 aromatic carbocycles. The van der Waals surface area contributed by atoms with Crippen molar-refractivity contribution in [2.75, 3.05) is 33.0 Å². The van der Waals surface area contributed by atoms with Gasteiger partial charge in [0.1, 0.15) is 0 Å². The van der Waals surface area contributed by atoms with Gasteiger partial charge in [0, 0.05) is 13.2 Å². The van der Waals surface area contributed by atoms with E-state index in [1.165, 1.54) is 0 Å². The van der Waals surface area contributed by atoms with Gasteiger partial charge in [0.2, 0.25) is 0 Å². The first-order chi connectivity index (χ1) is 12.7. The molecule has 9 heteroatoms. The SMILES string of the molecule is CCOC(=O)CC(O)(CC(=O)OCC)C(=O)OCC.CCOC(C)OCC. The van der Waals surface area contributed by atoms with Crippen molar-refractivity contribution in [3.8, 4) is 0 Å². The summed E-state index contributed by atoms with van der Waals surface area (Å²) in [6.45, 7) is 12.2. The molecule has 0 amide bonds. The Morgan fingerprint density at radius 1 is 0.741 bits per heavy atom. The van der Waals surface area contributed by atoms with Gasteiger partial charge >= 0.3 is 17.9 Å². The van der Waals surface area contributed by atoms with Crippen LogP contribution in [-0.4, -0.2) is 67.9 Å². The maximum Gasteiger partial charge on any atom is 0.339 e. The molecule has 0 saturated heterocycles. The Labute approximate surface area is 161 Å². The second-order valence-corrected chi connectivity index (χ2v) is 5.19. The fraction of sp³-hybridized carbons (Fsp3) is 0.833. The molecule has 1 N–H and O–H groups in total. The van der Waals surface area contributed by atoms with Crippen LogP contribution in [-0.2, 0) is 38.1 Å². The van der Waals surface area contributed by atoms with Gasteiger partial charge in [-0.3, -0.25) is 9.59 Å². The molecule has 0 aliphatic carbocycles. The Kier molecular flexibility index (Phi) is 16.8. The van der Waals surface area contributed by atoms with Crippen molar-refractivity contribution < 1.29 is 43.2 Å². The van der Waals surface area contributed by atoms with Crippen molar-refractivity contribution in [2.45, 2.75) is 66.3 Å².